The third-order valence-electron chi connectivity index (χ3n) is 3.40. The van der Waals surface area contributed by atoms with Crippen LogP contribution in [-0.4, -0.2) is 6.54 Å². The zero-order chi connectivity index (χ0) is 13.4. The first-order chi connectivity index (χ1) is 8.63. The lowest BCUT2D eigenvalue weighted by atomic mass is 9.96. The van der Waals surface area contributed by atoms with E-state index in [1.54, 1.807) is 0 Å². The highest BCUT2D eigenvalue weighted by Crippen LogP contribution is 2.21. The molecule has 1 aromatic rings. The van der Waals surface area contributed by atoms with E-state index in [-0.39, 0.29) is 0 Å². The van der Waals surface area contributed by atoms with Crippen LogP contribution in [0.2, 0.25) is 0 Å². The molecular formula is C17H29N. The number of hydrogen-bond donors (Lipinski definition) is 1. The van der Waals surface area contributed by atoms with Crippen LogP contribution in [0.5, 0.6) is 0 Å². The monoisotopic (exact) mass is 247 g/mol. The van der Waals surface area contributed by atoms with Gasteiger partial charge in [0.1, 0.15) is 0 Å². The molecule has 0 saturated carbocycles. The van der Waals surface area contributed by atoms with Gasteiger partial charge in [-0.2, -0.15) is 0 Å². The van der Waals surface area contributed by atoms with Gasteiger partial charge in [-0.05, 0) is 36.8 Å². The van der Waals surface area contributed by atoms with Crippen LogP contribution in [0.15, 0.2) is 30.3 Å². The maximum absolute atomic E-state index is 3.75. The van der Waals surface area contributed by atoms with Crippen molar-refractivity contribution in [2.45, 2.75) is 53.0 Å². The average Bonchev–Trinajstić information content (AvgIpc) is 2.35. The number of rotatable bonds is 8. The van der Waals surface area contributed by atoms with E-state index in [1.807, 2.05) is 0 Å². The van der Waals surface area contributed by atoms with E-state index in [1.165, 1.54) is 24.8 Å². The molecule has 0 spiro atoms. The van der Waals surface area contributed by atoms with Crippen LogP contribution < -0.4 is 5.32 Å². The van der Waals surface area contributed by atoms with Gasteiger partial charge in [-0.25, -0.2) is 0 Å². The Morgan fingerprint density at radius 1 is 1.06 bits per heavy atom. The van der Waals surface area contributed by atoms with Crippen LogP contribution >= 0.6 is 0 Å². The molecule has 0 aliphatic heterocycles. The summed E-state index contributed by atoms with van der Waals surface area (Å²) >= 11 is 0. The summed E-state index contributed by atoms with van der Waals surface area (Å²) in [4.78, 5) is 0. The van der Waals surface area contributed by atoms with Crippen molar-refractivity contribution in [2.75, 3.05) is 6.54 Å². The molecule has 0 saturated heterocycles. The first-order valence-corrected chi connectivity index (χ1v) is 7.41. The maximum Gasteiger partial charge on any atom is 0.0322 e. The van der Waals surface area contributed by atoms with Gasteiger partial charge in [0, 0.05) is 6.04 Å². The lowest BCUT2D eigenvalue weighted by Gasteiger charge is -2.23. The van der Waals surface area contributed by atoms with Crippen LogP contribution in [0.3, 0.4) is 0 Å². The summed E-state index contributed by atoms with van der Waals surface area (Å²) in [6.07, 6.45) is 3.81. The Labute approximate surface area is 113 Å². The predicted molar refractivity (Wildman–Crippen MR) is 80.7 cm³/mol. The highest BCUT2D eigenvalue weighted by atomic mass is 14.9. The lowest BCUT2D eigenvalue weighted by Crippen LogP contribution is -2.27. The molecule has 2 atom stereocenters. The second kappa shape index (κ2) is 8.31. The Hall–Kier alpha value is -0.820. The van der Waals surface area contributed by atoms with Gasteiger partial charge in [-0.15, -0.1) is 0 Å². The third kappa shape index (κ3) is 5.68. The van der Waals surface area contributed by atoms with E-state index in [2.05, 4.69) is 63.3 Å². The molecule has 0 amide bonds. The van der Waals surface area contributed by atoms with Crippen molar-refractivity contribution in [3.63, 3.8) is 0 Å². The SMILES string of the molecule is CCCC(C)CNC(CC(C)C)c1ccccc1. The Balaban J connectivity index is 2.56. The molecule has 1 rings (SSSR count). The van der Waals surface area contributed by atoms with Crippen LogP contribution in [-0.2, 0) is 0 Å². The van der Waals surface area contributed by atoms with E-state index in [9.17, 15) is 0 Å². The van der Waals surface area contributed by atoms with Crippen molar-refractivity contribution in [1.29, 1.82) is 0 Å². The van der Waals surface area contributed by atoms with Gasteiger partial charge in [-0.1, -0.05) is 64.4 Å². The van der Waals surface area contributed by atoms with E-state index in [0.29, 0.717) is 6.04 Å². The summed E-state index contributed by atoms with van der Waals surface area (Å²) in [6.45, 7) is 10.3. The van der Waals surface area contributed by atoms with E-state index < -0.39 is 0 Å². The molecule has 1 N–H and O–H groups in total. The highest BCUT2D eigenvalue weighted by molar-refractivity contribution is 5.18. The lowest BCUT2D eigenvalue weighted by molar-refractivity contribution is 0.385. The predicted octanol–water partition coefficient (Wildman–Crippen LogP) is 4.80. The van der Waals surface area contributed by atoms with Crippen LogP contribution in [0.4, 0.5) is 0 Å². The van der Waals surface area contributed by atoms with Gasteiger partial charge >= 0.3 is 0 Å². The van der Waals surface area contributed by atoms with E-state index in [0.717, 1.165) is 18.4 Å². The van der Waals surface area contributed by atoms with Crippen molar-refractivity contribution in [3.05, 3.63) is 35.9 Å². The topological polar surface area (TPSA) is 12.0 Å². The minimum Gasteiger partial charge on any atom is -0.310 e. The van der Waals surface area contributed by atoms with Crippen molar-refractivity contribution in [2.24, 2.45) is 11.8 Å². The van der Waals surface area contributed by atoms with Crippen LogP contribution in [0.1, 0.15) is 58.6 Å². The Morgan fingerprint density at radius 3 is 2.28 bits per heavy atom. The molecule has 0 aromatic heterocycles. The molecule has 1 nitrogen and oxygen atoms in total. The van der Waals surface area contributed by atoms with Crippen molar-refractivity contribution >= 4 is 0 Å². The standard InChI is InChI=1S/C17H29N/c1-5-9-15(4)13-18-17(12-14(2)3)16-10-7-6-8-11-16/h6-8,10-11,14-15,17-18H,5,9,12-13H2,1-4H3. The maximum atomic E-state index is 3.75. The fourth-order valence-corrected chi connectivity index (χ4v) is 2.43. The smallest absolute Gasteiger partial charge is 0.0322 e. The summed E-state index contributed by atoms with van der Waals surface area (Å²) in [6, 6.07) is 11.4. The molecule has 18 heavy (non-hydrogen) atoms. The van der Waals surface area contributed by atoms with Gasteiger partial charge in [-0.3, -0.25) is 0 Å². The van der Waals surface area contributed by atoms with Gasteiger partial charge in [0.15, 0.2) is 0 Å². The van der Waals surface area contributed by atoms with Crippen molar-refractivity contribution in [3.8, 4) is 0 Å². The van der Waals surface area contributed by atoms with Gasteiger partial charge in [0.25, 0.3) is 0 Å². The Kier molecular flexibility index (Phi) is 7.04. The molecule has 0 aliphatic carbocycles. The Bertz CT molecular complexity index is 305. The largest absolute Gasteiger partial charge is 0.310 e. The van der Waals surface area contributed by atoms with Gasteiger partial charge in [0.2, 0.25) is 0 Å². The third-order valence-corrected chi connectivity index (χ3v) is 3.40. The average molecular weight is 247 g/mol. The van der Waals surface area contributed by atoms with Gasteiger partial charge < -0.3 is 5.32 Å². The highest BCUT2D eigenvalue weighted by Gasteiger charge is 2.13. The summed E-state index contributed by atoms with van der Waals surface area (Å²) < 4.78 is 0. The normalized spacial score (nSPS) is 14.7. The molecule has 102 valence electrons. The summed E-state index contributed by atoms with van der Waals surface area (Å²) in [5.41, 5.74) is 1.43. The van der Waals surface area contributed by atoms with Crippen LogP contribution in [0, 0.1) is 11.8 Å². The zero-order valence-corrected chi connectivity index (χ0v) is 12.4. The van der Waals surface area contributed by atoms with E-state index >= 15 is 0 Å². The zero-order valence-electron chi connectivity index (χ0n) is 12.4. The molecule has 0 heterocycles. The fourth-order valence-electron chi connectivity index (χ4n) is 2.43. The van der Waals surface area contributed by atoms with Crippen molar-refractivity contribution < 1.29 is 0 Å². The van der Waals surface area contributed by atoms with Gasteiger partial charge in [0.05, 0.1) is 0 Å². The molecule has 0 fully saturated rings. The molecule has 1 heteroatoms. The first kappa shape index (κ1) is 15.2. The molecule has 0 aliphatic rings. The molecule has 2 unspecified atom stereocenters. The number of hydrogen-bond acceptors (Lipinski definition) is 1. The number of benzene rings is 1. The quantitative estimate of drug-likeness (QED) is 0.696. The first-order valence-electron chi connectivity index (χ1n) is 7.41. The second-order valence-corrected chi connectivity index (χ2v) is 5.89. The summed E-state index contributed by atoms with van der Waals surface area (Å²) in [5, 5.41) is 3.75. The molecular weight excluding hydrogens is 218 g/mol. The second-order valence-electron chi connectivity index (χ2n) is 5.89. The summed E-state index contributed by atoms with van der Waals surface area (Å²) in [7, 11) is 0. The minimum atomic E-state index is 0.505. The van der Waals surface area contributed by atoms with Crippen molar-refractivity contribution in [1.82, 2.24) is 5.32 Å². The van der Waals surface area contributed by atoms with E-state index in [4.69, 9.17) is 0 Å². The molecule has 0 bridgehead atoms. The summed E-state index contributed by atoms with van der Waals surface area (Å²) in [5.74, 6) is 1.50. The Morgan fingerprint density at radius 2 is 1.72 bits per heavy atom. The van der Waals surface area contributed by atoms with Crippen LogP contribution in [0.25, 0.3) is 0 Å². The number of nitrogens with one attached hydrogen (secondary N) is 1. The molecule has 0 radical (unpaired) electrons. The molecule has 1 aromatic carbocycles. The minimum absolute atomic E-state index is 0.505. The fraction of sp³-hybridized carbons (Fsp3) is 0.647.